The quantitative estimate of drug-likeness (QED) is 0.871. The number of alkyl halides is 3. The molecule has 0 saturated carbocycles. The highest BCUT2D eigenvalue weighted by Crippen LogP contribution is 2.42. The van der Waals surface area contributed by atoms with Crippen LogP contribution in [0.1, 0.15) is 18.4 Å². The van der Waals surface area contributed by atoms with Crippen LogP contribution in [0.2, 0.25) is 0 Å². The molecule has 4 nitrogen and oxygen atoms in total. The van der Waals surface area contributed by atoms with Crippen LogP contribution in [0.5, 0.6) is 0 Å². The lowest BCUT2D eigenvalue weighted by Crippen LogP contribution is -2.53. The minimum Gasteiger partial charge on any atom is -0.391 e. The molecule has 1 amide bonds. The van der Waals surface area contributed by atoms with E-state index in [0.717, 1.165) is 0 Å². The molecule has 2 N–H and O–H groups in total. The van der Waals surface area contributed by atoms with Gasteiger partial charge in [0.25, 0.3) is 0 Å². The molecule has 126 valence electrons. The number of carbonyl (C=O) groups is 1. The second-order valence-electron chi connectivity index (χ2n) is 6.29. The summed E-state index contributed by atoms with van der Waals surface area (Å²) in [6.45, 7) is 1.56. The third-order valence-corrected chi connectivity index (χ3v) is 4.83. The Labute approximate surface area is 132 Å². The van der Waals surface area contributed by atoms with Gasteiger partial charge in [0.05, 0.1) is 17.9 Å². The zero-order valence-corrected chi connectivity index (χ0v) is 12.6. The molecule has 0 radical (unpaired) electrons. The van der Waals surface area contributed by atoms with Crippen LogP contribution < -0.4 is 10.2 Å². The van der Waals surface area contributed by atoms with Crippen molar-refractivity contribution in [2.75, 3.05) is 24.5 Å². The van der Waals surface area contributed by atoms with E-state index in [-0.39, 0.29) is 11.5 Å². The van der Waals surface area contributed by atoms with Crippen LogP contribution in [0.4, 0.5) is 18.9 Å². The van der Waals surface area contributed by atoms with E-state index in [4.69, 9.17) is 0 Å². The molecule has 0 aliphatic carbocycles. The number of hydrogen-bond donors (Lipinski definition) is 2. The summed E-state index contributed by atoms with van der Waals surface area (Å²) >= 11 is 0. The Kier molecular flexibility index (Phi) is 4.10. The van der Waals surface area contributed by atoms with Gasteiger partial charge in [-0.1, -0.05) is 12.1 Å². The van der Waals surface area contributed by atoms with Gasteiger partial charge in [0, 0.05) is 18.8 Å². The lowest BCUT2D eigenvalue weighted by Gasteiger charge is -2.36. The van der Waals surface area contributed by atoms with Crippen LogP contribution in [0.25, 0.3) is 0 Å². The van der Waals surface area contributed by atoms with E-state index in [9.17, 15) is 23.1 Å². The number of nitrogens with one attached hydrogen (secondary N) is 1. The standard InChI is InChI=1S/C16H19F3N2O2/c17-16(18,19)9-11-1-3-12(4-2-11)21-8-6-15(14(21)23)5-7-20-10-13(15)22/h1-4,13,20,22H,5-10H2/t13-,15+/m1/s1. The van der Waals surface area contributed by atoms with Crippen molar-refractivity contribution in [1.82, 2.24) is 5.32 Å². The van der Waals surface area contributed by atoms with Crippen LogP contribution in [-0.4, -0.2) is 42.9 Å². The van der Waals surface area contributed by atoms with Gasteiger partial charge < -0.3 is 15.3 Å². The average Bonchev–Trinajstić information content (AvgIpc) is 2.80. The number of hydrogen-bond acceptors (Lipinski definition) is 3. The van der Waals surface area contributed by atoms with Crippen LogP contribution in [-0.2, 0) is 11.2 Å². The van der Waals surface area contributed by atoms with Gasteiger partial charge in [-0.3, -0.25) is 4.79 Å². The first-order chi connectivity index (χ1) is 10.8. The monoisotopic (exact) mass is 328 g/mol. The topological polar surface area (TPSA) is 52.6 Å². The molecular formula is C16H19F3N2O2. The summed E-state index contributed by atoms with van der Waals surface area (Å²) in [5.74, 6) is -0.130. The first-order valence-corrected chi connectivity index (χ1v) is 7.68. The Hall–Kier alpha value is -1.60. The summed E-state index contributed by atoms with van der Waals surface area (Å²) in [7, 11) is 0. The van der Waals surface area contributed by atoms with Crippen molar-refractivity contribution in [3.63, 3.8) is 0 Å². The van der Waals surface area contributed by atoms with E-state index in [0.29, 0.717) is 38.2 Å². The molecule has 0 unspecified atom stereocenters. The van der Waals surface area contributed by atoms with Gasteiger partial charge in [0.2, 0.25) is 5.91 Å². The zero-order chi connectivity index (χ0) is 16.7. The number of β-amino-alcohol motifs (C(OH)–C–C–N with tert-alkyl or cyclic N) is 1. The molecule has 2 aliphatic heterocycles. The van der Waals surface area contributed by atoms with Crippen LogP contribution >= 0.6 is 0 Å². The maximum Gasteiger partial charge on any atom is 0.393 e. The number of benzene rings is 1. The average molecular weight is 328 g/mol. The van der Waals surface area contributed by atoms with Gasteiger partial charge >= 0.3 is 6.18 Å². The lowest BCUT2D eigenvalue weighted by molar-refractivity contribution is -0.133. The molecule has 2 heterocycles. The molecule has 1 spiro atoms. The second kappa shape index (κ2) is 5.79. The molecule has 23 heavy (non-hydrogen) atoms. The van der Waals surface area contributed by atoms with Crippen LogP contribution in [0, 0.1) is 5.41 Å². The maximum atomic E-state index is 12.8. The molecule has 3 rings (SSSR count). The van der Waals surface area contributed by atoms with Gasteiger partial charge in [0.15, 0.2) is 0 Å². The van der Waals surface area contributed by atoms with Crippen LogP contribution in [0.3, 0.4) is 0 Å². The van der Waals surface area contributed by atoms with Crippen molar-refractivity contribution in [3.05, 3.63) is 29.8 Å². The van der Waals surface area contributed by atoms with E-state index in [1.807, 2.05) is 0 Å². The van der Waals surface area contributed by atoms with Crippen LogP contribution in [0.15, 0.2) is 24.3 Å². The van der Waals surface area contributed by atoms with E-state index < -0.39 is 24.1 Å². The minimum absolute atomic E-state index is 0.130. The summed E-state index contributed by atoms with van der Waals surface area (Å²) in [4.78, 5) is 14.3. The largest absolute Gasteiger partial charge is 0.393 e. The lowest BCUT2D eigenvalue weighted by atomic mass is 9.75. The van der Waals surface area contributed by atoms with Crippen molar-refractivity contribution in [2.24, 2.45) is 5.41 Å². The summed E-state index contributed by atoms with van der Waals surface area (Å²) in [6.07, 6.45) is -4.79. The fourth-order valence-electron chi connectivity index (χ4n) is 3.51. The molecule has 2 aliphatic rings. The van der Waals surface area contributed by atoms with Crippen molar-refractivity contribution >= 4 is 11.6 Å². The van der Waals surface area contributed by atoms with Gasteiger partial charge in [-0.15, -0.1) is 0 Å². The number of rotatable bonds is 2. The molecule has 7 heteroatoms. The normalized spacial score (nSPS) is 28.6. The minimum atomic E-state index is -4.24. The highest BCUT2D eigenvalue weighted by molar-refractivity contribution is 6.00. The van der Waals surface area contributed by atoms with Gasteiger partial charge in [-0.2, -0.15) is 13.2 Å². The van der Waals surface area contributed by atoms with Crippen molar-refractivity contribution in [1.29, 1.82) is 0 Å². The Morgan fingerprint density at radius 2 is 1.96 bits per heavy atom. The van der Waals surface area contributed by atoms with E-state index in [1.165, 1.54) is 12.1 Å². The predicted octanol–water partition coefficient (Wildman–Crippen LogP) is 1.87. The number of anilines is 1. The molecule has 0 aromatic heterocycles. The highest BCUT2D eigenvalue weighted by Gasteiger charge is 2.52. The third kappa shape index (κ3) is 3.07. The first kappa shape index (κ1) is 16.3. The number of carbonyl (C=O) groups excluding carboxylic acids is 1. The summed E-state index contributed by atoms with van der Waals surface area (Å²) in [5.41, 5.74) is 0.00337. The first-order valence-electron chi connectivity index (χ1n) is 7.68. The van der Waals surface area contributed by atoms with Crippen molar-refractivity contribution in [2.45, 2.75) is 31.5 Å². The van der Waals surface area contributed by atoms with Gasteiger partial charge in [-0.25, -0.2) is 0 Å². The molecule has 2 fully saturated rings. The molecule has 1 aromatic rings. The molecule has 0 bridgehead atoms. The number of halogens is 3. The Morgan fingerprint density at radius 3 is 2.57 bits per heavy atom. The summed E-state index contributed by atoms with van der Waals surface area (Å²) in [6, 6.07) is 5.90. The van der Waals surface area contributed by atoms with Gasteiger partial charge in [0.1, 0.15) is 0 Å². The fourth-order valence-corrected chi connectivity index (χ4v) is 3.51. The number of piperidine rings is 1. The van der Waals surface area contributed by atoms with Crippen molar-refractivity contribution < 1.29 is 23.1 Å². The van der Waals surface area contributed by atoms with E-state index in [1.54, 1.807) is 17.0 Å². The smallest absolute Gasteiger partial charge is 0.391 e. The second-order valence-corrected chi connectivity index (χ2v) is 6.29. The van der Waals surface area contributed by atoms with E-state index in [2.05, 4.69) is 5.32 Å². The Balaban J connectivity index is 1.77. The summed E-state index contributed by atoms with van der Waals surface area (Å²) in [5, 5.41) is 13.3. The Bertz CT molecular complexity index is 588. The van der Waals surface area contributed by atoms with Gasteiger partial charge in [-0.05, 0) is 37.1 Å². The number of aliphatic hydroxyl groups is 1. The van der Waals surface area contributed by atoms with E-state index >= 15 is 0 Å². The van der Waals surface area contributed by atoms with Crippen molar-refractivity contribution in [3.8, 4) is 0 Å². The number of nitrogens with zero attached hydrogens (tertiary/aromatic N) is 1. The summed E-state index contributed by atoms with van der Waals surface area (Å²) < 4.78 is 37.2. The molecule has 2 atom stereocenters. The highest BCUT2D eigenvalue weighted by atomic mass is 19.4. The molecule has 2 saturated heterocycles. The zero-order valence-electron chi connectivity index (χ0n) is 12.6. The number of amides is 1. The fraction of sp³-hybridized carbons (Fsp3) is 0.562. The molecule has 1 aromatic carbocycles. The molecular weight excluding hydrogens is 309 g/mol. The third-order valence-electron chi connectivity index (χ3n) is 4.83. The predicted molar refractivity (Wildman–Crippen MR) is 79.1 cm³/mol. The SMILES string of the molecule is O=C1N(c2ccc(CC(F)(F)F)cc2)CC[C@]12CCNC[C@H]2O. The number of aliphatic hydroxyl groups excluding tert-OH is 1. The maximum absolute atomic E-state index is 12.8. The Morgan fingerprint density at radius 1 is 1.26 bits per heavy atom.